The van der Waals surface area contributed by atoms with E-state index >= 15 is 0 Å². The minimum Gasteiger partial charge on any atom is -0.377 e. The molecule has 0 saturated carbocycles. The Labute approximate surface area is 109 Å². The van der Waals surface area contributed by atoms with Crippen molar-refractivity contribution in [3.8, 4) is 0 Å². The monoisotopic (exact) mass is 272 g/mol. The van der Waals surface area contributed by atoms with E-state index in [1.165, 1.54) is 6.33 Å². The molecule has 1 atom stereocenters. The van der Waals surface area contributed by atoms with Gasteiger partial charge in [0.1, 0.15) is 6.33 Å². The lowest BCUT2D eigenvalue weighted by atomic mass is 10.3. The predicted octanol–water partition coefficient (Wildman–Crippen LogP) is 1.65. The van der Waals surface area contributed by atoms with Gasteiger partial charge in [-0.05, 0) is 13.3 Å². The van der Waals surface area contributed by atoms with Crippen molar-refractivity contribution in [2.24, 2.45) is 0 Å². The third-order valence-corrected chi connectivity index (χ3v) is 2.97. The first-order valence-electron chi connectivity index (χ1n) is 5.61. The molecule has 7 nitrogen and oxygen atoms in total. The molecule has 0 spiro atoms. The smallest absolute Gasteiger partial charge is 0.348 e. The van der Waals surface area contributed by atoms with Gasteiger partial charge in [0.25, 0.3) is 0 Å². The van der Waals surface area contributed by atoms with Crippen molar-refractivity contribution in [3.05, 3.63) is 21.6 Å². The highest BCUT2D eigenvalue weighted by atomic mass is 35.5. The van der Waals surface area contributed by atoms with Crippen molar-refractivity contribution in [2.45, 2.75) is 19.4 Å². The van der Waals surface area contributed by atoms with E-state index in [4.69, 9.17) is 16.3 Å². The van der Waals surface area contributed by atoms with Crippen LogP contribution < -0.4 is 4.90 Å². The Hall–Kier alpha value is -1.47. The van der Waals surface area contributed by atoms with E-state index in [2.05, 4.69) is 9.97 Å². The fourth-order valence-corrected chi connectivity index (χ4v) is 2.12. The third-order valence-electron chi connectivity index (χ3n) is 2.69. The van der Waals surface area contributed by atoms with Crippen LogP contribution in [0.25, 0.3) is 0 Å². The molecule has 8 heteroatoms. The molecule has 0 amide bonds. The fourth-order valence-electron chi connectivity index (χ4n) is 1.92. The number of nitrogens with zero attached hydrogens (tertiary/aromatic N) is 4. The standard InChI is InChI=1S/C10H13ClN4O3/c1-7-5-14(3-2-4-18-7)10-8(15(16)17)9(11)12-6-13-10/h6-7H,2-5H2,1H3. The average Bonchev–Trinajstić information content (AvgIpc) is 2.53. The first-order chi connectivity index (χ1) is 8.59. The van der Waals surface area contributed by atoms with Crippen LogP contribution in [0.4, 0.5) is 11.5 Å². The van der Waals surface area contributed by atoms with Crippen molar-refractivity contribution in [1.82, 2.24) is 9.97 Å². The van der Waals surface area contributed by atoms with E-state index in [1.807, 2.05) is 11.8 Å². The van der Waals surface area contributed by atoms with E-state index in [0.717, 1.165) is 6.42 Å². The molecular weight excluding hydrogens is 260 g/mol. The molecule has 2 heterocycles. The summed E-state index contributed by atoms with van der Waals surface area (Å²) in [5.41, 5.74) is -0.242. The van der Waals surface area contributed by atoms with Crippen molar-refractivity contribution >= 4 is 23.1 Å². The summed E-state index contributed by atoms with van der Waals surface area (Å²) in [5.74, 6) is 0.261. The number of halogens is 1. The summed E-state index contributed by atoms with van der Waals surface area (Å²) >= 11 is 5.77. The summed E-state index contributed by atoms with van der Waals surface area (Å²) in [7, 11) is 0. The van der Waals surface area contributed by atoms with Crippen LogP contribution in [0.3, 0.4) is 0 Å². The number of aromatic nitrogens is 2. The lowest BCUT2D eigenvalue weighted by Gasteiger charge is -2.22. The first kappa shape index (κ1) is 13.0. The minimum atomic E-state index is -0.548. The molecule has 1 aliphatic rings. The number of nitro groups is 1. The van der Waals surface area contributed by atoms with Gasteiger partial charge in [-0.15, -0.1) is 0 Å². The van der Waals surface area contributed by atoms with E-state index in [0.29, 0.717) is 19.7 Å². The Bertz CT molecular complexity index is 457. The average molecular weight is 273 g/mol. The second-order valence-corrected chi connectivity index (χ2v) is 4.43. The van der Waals surface area contributed by atoms with Crippen LogP contribution >= 0.6 is 11.6 Å². The summed E-state index contributed by atoms with van der Waals surface area (Å²) in [5, 5.41) is 10.9. The van der Waals surface area contributed by atoms with Crippen LogP contribution in [0.5, 0.6) is 0 Å². The summed E-state index contributed by atoms with van der Waals surface area (Å²) in [6.45, 7) is 3.77. The van der Waals surface area contributed by atoms with E-state index in [-0.39, 0.29) is 22.8 Å². The van der Waals surface area contributed by atoms with Crippen molar-refractivity contribution in [2.75, 3.05) is 24.6 Å². The Morgan fingerprint density at radius 3 is 3.11 bits per heavy atom. The molecule has 0 bridgehead atoms. The predicted molar refractivity (Wildman–Crippen MR) is 65.9 cm³/mol. The van der Waals surface area contributed by atoms with Gasteiger partial charge in [-0.3, -0.25) is 10.1 Å². The lowest BCUT2D eigenvalue weighted by molar-refractivity contribution is -0.384. The number of hydrogen-bond donors (Lipinski definition) is 0. The second kappa shape index (κ2) is 5.45. The summed E-state index contributed by atoms with van der Waals surface area (Å²) < 4.78 is 5.50. The van der Waals surface area contributed by atoms with Gasteiger partial charge in [-0.1, -0.05) is 11.6 Å². The Balaban J connectivity index is 2.37. The number of ether oxygens (including phenoxy) is 1. The van der Waals surface area contributed by atoms with Crippen LogP contribution in [0.15, 0.2) is 6.33 Å². The highest BCUT2D eigenvalue weighted by molar-refractivity contribution is 6.31. The molecule has 18 heavy (non-hydrogen) atoms. The van der Waals surface area contributed by atoms with Gasteiger partial charge in [0.05, 0.1) is 11.0 Å². The Morgan fingerprint density at radius 2 is 2.39 bits per heavy atom. The van der Waals surface area contributed by atoms with Gasteiger partial charge in [0.2, 0.25) is 11.0 Å². The van der Waals surface area contributed by atoms with Gasteiger partial charge in [-0.25, -0.2) is 9.97 Å². The molecule has 0 aliphatic carbocycles. The van der Waals surface area contributed by atoms with Crippen molar-refractivity contribution < 1.29 is 9.66 Å². The van der Waals surface area contributed by atoms with E-state index in [9.17, 15) is 10.1 Å². The zero-order chi connectivity index (χ0) is 13.1. The van der Waals surface area contributed by atoms with Gasteiger partial charge < -0.3 is 9.64 Å². The Morgan fingerprint density at radius 1 is 1.61 bits per heavy atom. The lowest BCUT2D eigenvalue weighted by Crippen LogP contribution is -2.31. The number of rotatable bonds is 2. The molecular formula is C10H13ClN4O3. The maximum Gasteiger partial charge on any atom is 0.348 e. The zero-order valence-electron chi connectivity index (χ0n) is 9.87. The summed E-state index contributed by atoms with van der Waals surface area (Å²) in [6, 6.07) is 0. The SMILES string of the molecule is CC1CN(c2ncnc(Cl)c2[N+](=O)[O-])CCCO1. The molecule has 1 aliphatic heterocycles. The fraction of sp³-hybridized carbons (Fsp3) is 0.600. The molecule has 1 saturated heterocycles. The zero-order valence-corrected chi connectivity index (χ0v) is 10.6. The summed E-state index contributed by atoms with van der Waals surface area (Å²) in [6.07, 6.45) is 2.03. The van der Waals surface area contributed by atoms with Crippen LogP contribution in [-0.2, 0) is 4.74 Å². The van der Waals surface area contributed by atoms with E-state index < -0.39 is 4.92 Å². The quantitative estimate of drug-likeness (QED) is 0.463. The normalized spacial score (nSPS) is 20.6. The molecule has 0 N–H and O–H groups in total. The minimum absolute atomic E-state index is 0.000782. The molecule has 1 aromatic rings. The molecule has 98 valence electrons. The van der Waals surface area contributed by atoms with Crippen molar-refractivity contribution in [3.63, 3.8) is 0 Å². The van der Waals surface area contributed by atoms with Gasteiger partial charge >= 0.3 is 5.69 Å². The molecule has 0 aromatic carbocycles. The highest BCUT2D eigenvalue weighted by Crippen LogP contribution is 2.31. The maximum atomic E-state index is 11.0. The van der Waals surface area contributed by atoms with Crippen molar-refractivity contribution in [1.29, 1.82) is 0 Å². The van der Waals surface area contributed by atoms with Crippen LogP contribution in [0.2, 0.25) is 5.15 Å². The van der Waals surface area contributed by atoms with Gasteiger partial charge in [0.15, 0.2) is 0 Å². The van der Waals surface area contributed by atoms with Gasteiger partial charge in [-0.2, -0.15) is 0 Å². The second-order valence-electron chi connectivity index (χ2n) is 4.07. The molecule has 1 fully saturated rings. The van der Waals surface area contributed by atoms with E-state index in [1.54, 1.807) is 0 Å². The van der Waals surface area contributed by atoms with Crippen LogP contribution in [-0.4, -0.2) is 40.7 Å². The number of hydrogen-bond acceptors (Lipinski definition) is 6. The molecule has 1 unspecified atom stereocenters. The van der Waals surface area contributed by atoms with Crippen LogP contribution in [0.1, 0.15) is 13.3 Å². The van der Waals surface area contributed by atoms with Gasteiger partial charge in [0, 0.05) is 19.7 Å². The molecule has 0 radical (unpaired) electrons. The molecule has 2 rings (SSSR count). The molecule has 1 aromatic heterocycles. The topological polar surface area (TPSA) is 81.4 Å². The maximum absolute atomic E-state index is 11.0. The third kappa shape index (κ3) is 2.68. The first-order valence-corrected chi connectivity index (χ1v) is 5.99. The highest BCUT2D eigenvalue weighted by Gasteiger charge is 2.27. The summed E-state index contributed by atoms with van der Waals surface area (Å²) in [4.78, 5) is 20.0. The number of anilines is 1. The largest absolute Gasteiger partial charge is 0.377 e. The Kier molecular flexibility index (Phi) is 3.93. The van der Waals surface area contributed by atoms with Crippen LogP contribution in [0, 0.1) is 10.1 Å².